The number of pyridine rings is 1. The smallest absolute Gasteiger partial charge is 0.162 e. The van der Waals surface area contributed by atoms with Crippen LogP contribution >= 0.6 is 34.8 Å². The van der Waals surface area contributed by atoms with Gasteiger partial charge in [-0.3, -0.25) is 0 Å². The van der Waals surface area contributed by atoms with Crippen LogP contribution in [0.4, 0.5) is 5.82 Å². The van der Waals surface area contributed by atoms with Gasteiger partial charge in [0.25, 0.3) is 0 Å². The third kappa shape index (κ3) is 2.13. The van der Waals surface area contributed by atoms with Crippen molar-refractivity contribution in [3.63, 3.8) is 0 Å². The normalized spacial score (nSPS) is 8.50. The molecule has 0 fully saturated rings. The summed E-state index contributed by atoms with van der Waals surface area (Å²) in [5.41, 5.74) is 0. The van der Waals surface area contributed by atoms with Crippen molar-refractivity contribution in [2.45, 2.75) is 0 Å². The third-order valence-corrected chi connectivity index (χ3v) is 1.60. The second-order valence-electron chi connectivity index (χ2n) is 1.54. The Balaban J connectivity index is 3.00. The standard InChI is InChI=1S/C6H3IN2S/c7-5-1-2-6(8-3-5)9-4-10/h1-3H. The Labute approximate surface area is 77.5 Å². The maximum atomic E-state index is 4.41. The van der Waals surface area contributed by atoms with E-state index in [9.17, 15) is 0 Å². The second-order valence-corrected chi connectivity index (χ2v) is 2.97. The molecule has 0 saturated heterocycles. The van der Waals surface area contributed by atoms with Gasteiger partial charge in [0.1, 0.15) is 0 Å². The molecule has 0 atom stereocenters. The lowest BCUT2D eigenvalue weighted by Crippen LogP contribution is -1.73. The van der Waals surface area contributed by atoms with Crippen LogP contribution in [0.25, 0.3) is 0 Å². The number of isothiocyanates is 1. The van der Waals surface area contributed by atoms with Crippen LogP contribution in [0, 0.1) is 3.57 Å². The van der Waals surface area contributed by atoms with Crippen LogP contribution in [-0.2, 0) is 0 Å². The molecule has 0 radical (unpaired) electrons. The van der Waals surface area contributed by atoms with E-state index in [2.05, 4.69) is 49.9 Å². The van der Waals surface area contributed by atoms with Crippen molar-refractivity contribution < 1.29 is 0 Å². The summed E-state index contributed by atoms with van der Waals surface area (Å²) in [5, 5.41) is 2.25. The SMILES string of the molecule is S=C=Nc1ccc(I)cn1. The fourth-order valence-corrected chi connectivity index (χ4v) is 0.893. The second kappa shape index (κ2) is 3.75. The highest BCUT2D eigenvalue weighted by molar-refractivity contribution is 14.1. The molecule has 0 aliphatic heterocycles. The molecular weight excluding hydrogens is 259 g/mol. The quantitative estimate of drug-likeness (QED) is 0.441. The van der Waals surface area contributed by atoms with E-state index in [-0.39, 0.29) is 0 Å². The summed E-state index contributed by atoms with van der Waals surface area (Å²) in [4.78, 5) is 7.66. The number of rotatable bonds is 1. The van der Waals surface area contributed by atoms with Crippen LogP contribution in [0.3, 0.4) is 0 Å². The van der Waals surface area contributed by atoms with Gasteiger partial charge in [0.05, 0.1) is 5.16 Å². The van der Waals surface area contributed by atoms with Crippen molar-refractivity contribution in [2.24, 2.45) is 4.99 Å². The summed E-state index contributed by atoms with van der Waals surface area (Å²) in [6, 6.07) is 3.71. The summed E-state index contributed by atoms with van der Waals surface area (Å²) in [6.45, 7) is 0. The van der Waals surface area contributed by atoms with E-state index >= 15 is 0 Å². The predicted octanol–water partition coefficient (Wildman–Crippen LogP) is 2.42. The van der Waals surface area contributed by atoms with E-state index in [1.54, 1.807) is 12.3 Å². The van der Waals surface area contributed by atoms with Crippen LogP contribution in [0.5, 0.6) is 0 Å². The number of aromatic nitrogens is 1. The van der Waals surface area contributed by atoms with Gasteiger partial charge in [-0.2, -0.15) is 4.99 Å². The van der Waals surface area contributed by atoms with Crippen molar-refractivity contribution in [2.75, 3.05) is 0 Å². The lowest BCUT2D eigenvalue weighted by Gasteiger charge is -1.88. The van der Waals surface area contributed by atoms with Crippen LogP contribution in [0.15, 0.2) is 23.3 Å². The topological polar surface area (TPSA) is 25.2 Å². The van der Waals surface area contributed by atoms with Crippen molar-refractivity contribution in [1.82, 2.24) is 4.98 Å². The Hall–Kier alpha value is -0.320. The van der Waals surface area contributed by atoms with Crippen LogP contribution in [-0.4, -0.2) is 10.1 Å². The highest BCUT2D eigenvalue weighted by Crippen LogP contribution is 2.08. The van der Waals surface area contributed by atoms with Gasteiger partial charge in [0.2, 0.25) is 0 Å². The van der Waals surface area contributed by atoms with Crippen LogP contribution < -0.4 is 0 Å². The summed E-state index contributed by atoms with van der Waals surface area (Å²) in [5.74, 6) is 0.607. The number of halogens is 1. The molecule has 1 heterocycles. The summed E-state index contributed by atoms with van der Waals surface area (Å²) in [6.07, 6.45) is 1.73. The van der Waals surface area contributed by atoms with Gasteiger partial charge in [-0.1, -0.05) is 0 Å². The molecule has 2 nitrogen and oxygen atoms in total. The van der Waals surface area contributed by atoms with Gasteiger partial charge in [0.15, 0.2) is 5.82 Å². The first-order chi connectivity index (χ1) is 4.83. The van der Waals surface area contributed by atoms with E-state index in [1.165, 1.54) is 0 Å². The van der Waals surface area contributed by atoms with Crippen molar-refractivity contribution in [3.8, 4) is 0 Å². The summed E-state index contributed by atoms with van der Waals surface area (Å²) < 4.78 is 1.08. The molecule has 1 aromatic heterocycles. The largest absolute Gasteiger partial charge is 0.235 e. The van der Waals surface area contributed by atoms with Crippen molar-refractivity contribution in [3.05, 3.63) is 21.9 Å². The molecule has 0 saturated carbocycles. The fourth-order valence-electron chi connectivity index (χ4n) is 0.481. The zero-order valence-corrected chi connectivity index (χ0v) is 7.89. The molecule has 4 heteroatoms. The van der Waals surface area contributed by atoms with Gasteiger partial charge in [-0.25, -0.2) is 4.98 Å². The van der Waals surface area contributed by atoms with Gasteiger partial charge < -0.3 is 0 Å². The van der Waals surface area contributed by atoms with Gasteiger partial charge >= 0.3 is 0 Å². The number of hydrogen-bond acceptors (Lipinski definition) is 3. The first kappa shape index (κ1) is 7.78. The first-order valence-corrected chi connectivity index (χ1v) is 4.01. The molecule has 0 N–H and O–H groups in total. The zero-order chi connectivity index (χ0) is 7.40. The van der Waals surface area contributed by atoms with Crippen LogP contribution in [0.2, 0.25) is 0 Å². The molecule has 0 aliphatic carbocycles. The third-order valence-electron chi connectivity index (χ3n) is 0.872. The number of hydrogen-bond donors (Lipinski definition) is 0. The first-order valence-electron chi connectivity index (χ1n) is 2.52. The molecule has 0 amide bonds. The lowest BCUT2D eigenvalue weighted by atomic mass is 10.5. The minimum Gasteiger partial charge on any atom is -0.235 e. The summed E-state index contributed by atoms with van der Waals surface area (Å²) in [7, 11) is 0. The molecule has 0 aliphatic rings. The molecule has 0 aromatic carbocycles. The zero-order valence-electron chi connectivity index (χ0n) is 4.91. The lowest BCUT2D eigenvalue weighted by molar-refractivity contribution is 1.27. The molecule has 1 aromatic rings. The van der Waals surface area contributed by atoms with E-state index < -0.39 is 0 Å². The molecule has 10 heavy (non-hydrogen) atoms. The van der Waals surface area contributed by atoms with Crippen molar-refractivity contribution in [1.29, 1.82) is 0 Å². The Kier molecular flexibility index (Phi) is 2.92. The average Bonchev–Trinajstić information content (AvgIpc) is 1.95. The number of nitrogens with zero attached hydrogens (tertiary/aromatic N) is 2. The Bertz CT molecular complexity index is 264. The van der Waals surface area contributed by atoms with Gasteiger partial charge in [0, 0.05) is 9.77 Å². The van der Waals surface area contributed by atoms with Gasteiger partial charge in [-0.05, 0) is 46.9 Å². The molecular formula is C6H3IN2S. The van der Waals surface area contributed by atoms with Crippen LogP contribution in [0.1, 0.15) is 0 Å². The highest BCUT2D eigenvalue weighted by atomic mass is 127. The van der Waals surface area contributed by atoms with E-state index in [0.29, 0.717) is 5.82 Å². The Morgan fingerprint density at radius 1 is 1.60 bits per heavy atom. The predicted molar refractivity (Wildman–Crippen MR) is 51.6 cm³/mol. The minimum absolute atomic E-state index is 0.607. The van der Waals surface area contributed by atoms with E-state index in [4.69, 9.17) is 0 Å². The van der Waals surface area contributed by atoms with E-state index in [0.717, 1.165) is 3.57 Å². The molecule has 1 rings (SSSR count). The molecule has 0 spiro atoms. The fraction of sp³-hybridized carbons (Fsp3) is 0. The Morgan fingerprint density at radius 3 is 2.90 bits per heavy atom. The number of aliphatic imine (C=N–C) groups is 1. The number of thiocarbonyl (C=S) groups is 1. The average molecular weight is 262 g/mol. The highest BCUT2D eigenvalue weighted by Gasteiger charge is 1.87. The Morgan fingerprint density at radius 2 is 2.40 bits per heavy atom. The maximum absolute atomic E-state index is 4.41. The monoisotopic (exact) mass is 262 g/mol. The molecule has 50 valence electrons. The van der Waals surface area contributed by atoms with Crippen molar-refractivity contribution >= 4 is 45.8 Å². The minimum atomic E-state index is 0.607. The molecule has 0 unspecified atom stereocenters. The van der Waals surface area contributed by atoms with Gasteiger partial charge in [-0.15, -0.1) is 0 Å². The van der Waals surface area contributed by atoms with E-state index in [1.807, 2.05) is 6.07 Å². The summed E-state index contributed by atoms with van der Waals surface area (Å²) >= 11 is 6.58. The maximum Gasteiger partial charge on any atom is 0.162 e. The molecule has 0 bridgehead atoms.